The summed E-state index contributed by atoms with van der Waals surface area (Å²) in [5, 5.41) is 6.21. The van der Waals surface area contributed by atoms with E-state index in [1.807, 2.05) is 52.0 Å². The third-order valence-corrected chi connectivity index (χ3v) is 5.37. The summed E-state index contributed by atoms with van der Waals surface area (Å²) in [4.78, 5) is 30.2. The van der Waals surface area contributed by atoms with Crippen LogP contribution in [0.4, 0.5) is 5.13 Å². The number of hydrogen-bond donors (Lipinski definition) is 2. The van der Waals surface area contributed by atoms with E-state index in [-0.39, 0.29) is 17.7 Å². The summed E-state index contributed by atoms with van der Waals surface area (Å²) in [7, 11) is 0. The van der Waals surface area contributed by atoms with Gasteiger partial charge in [-0.05, 0) is 49.6 Å². The molecular weight excluding hydrogens is 386 g/mol. The molecule has 2 amide bonds. The van der Waals surface area contributed by atoms with Crippen molar-refractivity contribution in [2.75, 3.05) is 11.9 Å². The van der Waals surface area contributed by atoms with Crippen LogP contribution in [0, 0.1) is 12.8 Å². The van der Waals surface area contributed by atoms with Crippen molar-refractivity contribution in [3.05, 3.63) is 53.6 Å². The summed E-state index contributed by atoms with van der Waals surface area (Å²) < 4.78 is 6.54. The fraction of sp³-hybridized carbons (Fsp3) is 0.318. The van der Waals surface area contributed by atoms with Crippen LogP contribution in [0.15, 0.2) is 42.5 Å². The predicted octanol–water partition coefficient (Wildman–Crippen LogP) is 4.40. The van der Waals surface area contributed by atoms with E-state index in [0.717, 1.165) is 15.8 Å². The van der Waals surface area contributed by atoms with Gasteiger partial charge in [0.1, 0.15) is 11.8 Å². The number of nitrogens with one attached hydrogen (secondary N) is 2. The minimum atomic E-state index is -0.703. The van der Waals surface area contributed by atoms with E-state index < -0.39 is 6.04 Å². The smallest absolute Gasteiger partial charge is 0.255 e. The van der Waals surface area contributed by atoms with E-state index in [1.165, 1.54) is 11.3 Å². The zero-order valence-electron chi connectivity index (χ0n) is 17.0. The highest BCUT2D eigenvalue weighted by atomic mass is 32.1. The summed E-state index contributed by atoms with van der Waals surface area (Å²) in [5.74, 6) is -0.243. The van der Waals surface area contributed by atoms with Crippen LogP contribution in [0.2, 0.25) is 0 Å². The molecular formula is C22H25N3O3S. The monoisotopic (exact) mass is 411 g/mol. The Bertz CT molecular complexity index is 1030. The first-order valence-electron chi connectivity index (χ1n) is 9.59. The van der Waals surface area contributed by atoms with E-state index in [1.54, 1.807) is 18.2 Å². The van der Waals surface area contributed by atoms with Gasteiger partial charge in [-0.1, -0.05) is 43.4 Å². The highest BCUT2D eigenvalue weighted by molar-refractivity contribution is 7.22. The second kappa shape index (κ2) is 9.05. The van der Waals surface area contributed by atoms with Gasteiger partial charge in [-0.3, -0.25) is 9.59 Å². The molecule has 0 aliphatic heterocycles. The molecule has 2 aromatic carbocycles. The highest BCUT2D eigenvalue weighted by Crippen LogP contribution is 2.27. The molecule has 0 aliphatic carbocycles. The second-order valence-corrected chi connectivity index (χ2v) is 8.13. The number of amides is 2. The van der Waals surface area contributed by atoms with Gasteiger partial charge in [0.15, 0.2) is 5.13 Å². The van der Waals surface area contributed by atoms with Crippen LogP contribution < -0.4 is 15.4 Å². The van der Waals surface area contributed by atoms with Crippen LogP contribution in [-0.4, -0.2) is 29.4 Å². The quantitative estimate of drug-likeness (QED) is 0.604. The number of para-hydroxylation sites is 1. The van der Waals surface area contributed by atoms with Gasteiger partial charge in [-0.25, -0.2) is 4.98 Å². The maximum atomic E-state index is 12.9. The third-order valence-electron chi connectivity index (χ3n) is 4.44. The summed E-state index contributed by atoms with van der Waals surface area (Å²) in [6.07, 6.45) is 0. The fourth-order valence-electron chi connectivity index (χ4n) is 2.96. The SMILES string of the molecule is CCOc1ccccc1C(=O)N[C@H](C(=O)Nc1nc2ccc(C)cc2s1)C(C)C. The molecule has 0 fully saturated rings. The Balaban J connectivity index is 1.76. The van der Waals surface area contributed by atoms with Crippen molar-refractivity contribution in [2.24, 2.45) is 5.92 Å². The zero-order chi connectivity index (χ0) is 21.0. The zero-order valence-corrected chi connectivity index (χ0v) is 17.8. The van der Waals surface area contributed by atoms with E-state index in [2.05, 4.69) is 15.6 Å². The molecule has 0 unspecified atom stereocenters. The van der Waals surface area contributed by atoms with Crippen molar-refractivity contribution in [1.29, 1.82) is 0 Å². The molecule has 0 spiro atoms. The summed E-state index contributed by atoms with van der Waals surface area (Å²) in [6, 6.07) is 12.3. The fourth-order valence-corrected chi connectivity index (χ4v) is 3.92. The Labute approximate surface area is 174 Å². The molecule has 29 heavy (non-hydrogen) atoms. The van der Waals surface area contributed by atoms with Gasteiger partial charge >= 0.3 is 0 Å². The summed E-state index contributed by atoms with van der Waals surface area (Å²) in [5.41, 5.74) is 2.38. The Morgan fingerprint density at radius 1 is 1.17 bits per heavy atom. The number of aromatic nitrogens is 1. The molecule has 3 aromatic rings. The van der Waals surface area contributed by atoms with Gasteiger partial charge in [0.05, 0.1) is 22.4 Å². The summed E-state index contributed by atoms with van der Waals surface area (Å²) in [6.45, 7) is 8.11. The standard InChI is InChI=1S/C22H25N3O3S/c1-5-28-17-9-7-6-8-15(17)20(26)24-19(13(2)3)21(27)25-22-23-16-11-10-14(4)12-18(16)29-22/h6-13,19H,5H2,1-4H3,(H,24,26)(H,23,25,27)/t19-/m0/s1. The lowest BCUT2D eigenvalue weighted by atomic mass is 10.0. The van der Waals surface area contributed by atoms with Crippen LogP contribution in [0.1, 0.15) is 36.7 Å². The van der Waals surface area contributed by atoms with Crippen LogP contribution in [0.3, 0.4) is 0 Å². The number of rotatable bonds is 7. The van der Waals surface area contributed by atoms with Crippen molar-refractivity contribution in [1.82, 2.24) is 10.3 Å². The van der Waals surface area contributed by atoms with Crippen LogP contribution in [-0.2, 0) is 4.79 Å². The van der Waals surface area contributed by atoms with Crippen molar-refractivity contribution in [3.63, 3.8) is 0 Å². The topological polar surface area (TPSA) is 80.3 Å². The Morgan fingerprint density at radius 2 is 1.93 bits per heavy atom. The molecule has 0 saturated heterocycles. The molecule has 1 aromatic heterocycles. The van der Waals surface area contributed by atoms with Crippen LogP contribution >= 0.6 is 11.3 Å². The van der Waals surface area contributed by atoms with Crippen molar-refractivity contribution < 1.29 is 14.3 Å². The molecule has 2 N–H and O–H groups in total. The molecule has 0 saturated carbocycles. The lowest BCUT2D eigenvalue weighted by Crippen LogP contribution is -2.47. The third kappa shape index (κ3) is 4.92. The molecule has 0 radical (unpaired) electrons. The van der Waals surface area contributed by atoms with E-state index in [9.17, 15) is 9.59 Å². The molecule has 1 atom stereocenters. The van der Waals surface area contributed by atoms with Gasteiger partial charge in [0.25, 0.3) is 5.91 Å². The maximum absolute atomic E-state index is 12.9. The van der Waals surface area contributed by atoms with Gasteiger partial charge < -0.3 is 15.4 Å². The van der Waals surface area contributed by atoms with E-state index in [4.69, 9.17) is 4.74 Å². The Hall–Kier alpha value is -2.93. The molecule has 0 bridgehead atoms. The number of fused-ring (bicyclic) bond motifs is 1. The maximum Gasteiger partial charge on any atom is 0.255 e. The number of aryl methyl sites for hydroxylation is 1. The molecule has 1 heterocycles. The number of ether oxygens (including phenoxy) is 1. The lowest BCUT2D eigenvalue weighted by molar-refractivity contribution is -0.118. The molecule has 6 nitrogen and oxygen atoms in total. The second-order valence-electron chi connectivity index (χ2n) is 7.10. The average Bonchev–Trinajstić information content (AvgIpc) is 3.07. The number of benzene rings is 2. The number of carbonyl (C=O) groups is 2. The Kier molecular flexibility index (Phi) is 6.49. The minimum absolute atomic E-state index is 0.102. The van der Waals surface area contributed by atoms with E-state index in [0.29, 0.717) is 23.1 Å². The summed E-state index contributed by atoms with van der Waals surface area (Å²) >= 11 is 1.42. The molecule has 152 valence electrons. The number of carbonyl (C=O) groups excluding carboxylic acids is 2. The number of thiazole rings is 1. The average molecular weight is 412 g/mol. The first kappa shape index (κ1) is 20.8. The number of nitrogens with zero attached hydrogens (tertiary/aromatic N) is 1. The normalized spacial score (nSPS) is 12.0. The molecule has 0 aliphatic rings. The van der Waals surface area contributed by atoms with Crippen molar-refractivity contribution in [3.8, 4) is 5.75 Å². The largest absolute Gasteiger partial charge is 0.493 e. The Morgan fingerprint density at radius 3 is 2.66 bits per heavy atom. The molecule has 3 rings (SSSR count). The van der Waals surface area contributed by atoms with Gasteiger partial charge in [0, 0.05) is 0 Å². The number of anilines is 1. The van der Waals surface area contributed by atoms with E-state index >= 15 is 0 Å². The number of hydrogen-bond acceptors (Lipinski definition) is 5. The van der Waals surface area contributed by atoms with Gasteiger partial charge in [0.2, 0.25) is 5.91 Å². The lowest BCUT2D eigenvalue weighted by Gasteiger charge is -2.21. The highest BCUT2D eigenvalue weighted by Gasteiger charge is 2.26. The molecule has 7 heteroatoms. The predicted molar refractivity (Wildman–Crippen MR) is 117 cm³/mol. The van der Waals surface area contributed by atoms with Crippen molar-refractivity contribution in [2.45, 2.75) is 33.7 Å². The first-order chi connectivity index (χ1) is 13.9. The first-order valence-corrected chi connectivity index (χ1v) is 10.4. The van der Waals surface area contributed by atoms with Gasteiger partial charge in [-0.2, -0.15) is 0 Å². The van der Waals surface area contributed by atoms with Crippen molar-refractivity contribution >= 4 is 38.5 Å². The van der Waals surface area contributed by atoms with Crippen LogP contribution in [0.5, 0.6) is 5.75 Å². The van der Waals surface area contributed by atoms with Gasteiger partial charge in [-0.15, -0.1) is 0 Å². The minimum Gasteiger partial charge on any atom is -0.493 e. The van der Waals surface area contributed by atoms with Crippen LogP contribution in [0.25, 0.3) is 10.2 Å².